The van der Waals surface area contributed by atoms with Crippen LogP contribution in [0.25, 0.3) is 0 Å². The zero-order valence-electron chi connectivity index (χ0n) is 15.1. The van der Waals surface area contributed by atoms with Gasteiger partial charge in [0, 0.05) is 12.5 Å². The smallest absolute Gasteiger partial charge is 0.328 e. The summed E-state index contributed by atoms with van der Waals surface area (Å²) in [4.78, 5) is 23.1. The molecular weight excluding hydrogens is 288 g/mol. The number of aliphatic carboxylic acids is 1. The van der Waals surface area contributed by atoms with Crippen LogP contribution in [-0.2, 0) is 9.59 Å². The second-order valence-electron chi connectivity index (χ2n) is 8.51. The Labute approximate surface area is 139 Å². The summed E-state index contributed by atoms with van der Waals surface area (Å²) in [6.07, 6.45) is 7.88. The van der Waals surface area contributed by atoms with Crippen molar-refractivity contribution in [3.05, 3.63) is 23.3 Å². The molecule has 3 atom stereocenters. The summed E-state index contributed by atoms with van der Waals surface area (Å²) in [5, 5.41) is 8.90. The SMILES string of the molecule is C/C(=C/C(=O)O)CC[C@]1(C)C2=CC(=O)CC(C)(C)[C@@H]2CC[C@H]1C. The van der Waals surface area contributed by atoms with E-state index in [0.717, 1.165) is 24.8 Å². The second-order valence-corrected chi connectivity index (χ2v) is 8.51. The van der Waals surface area contributed by atoms with Gasteiger partial charge in [0.2, 0.25) is 0 Å². The molecule has 0 aromatic rings. The van der Waals surface area contributed by atoms with E-state index in [9.17, 15) is 9.59 Å². The topological polar surface area (TPSA) is 54.4 Å². The maximum absolute atomic E-state index is 12.2. The fourth-order valence-electron chi connectivity index (χ4n) is 4.58. The highest BCUT2D eigenvalue weighted by atomic mass is 16.4. The minimum atomic E-state index is -0.879. The van der Waals surface area contributed by atoms with Crippen molar-refractivity contribution in [2.24, 2.45) is 22.7 Å². The Hall–Kier alpha value is -1.38. The summed E-state index contributed by atoms with van der Waals surface area (Å²) in [6.45, 7) is 10.9. The Morgan fingerprint density at radius 3 is 2.61 bits per heavy atom. The highest BCUT2D eigenvalue weighted by molar-refractivity contribution is 5.92. The summed E-state index contributed by atoms with van der Waals surface area (Å²) >= 11 is 0. The summed E-state index contributed by atoms with van der Waals surface area (Å²) in [5.41, 5.74) is 2.24. The van der Waals surface area contributed by atoms with E-state index < -0.39 is 5.97 Å². The lowest BCUT2D eigenvalue weighted by Gasteiger charge is -2.52. The molecule has 3 heteroatoms. The molecular formula is C20H30O3. The molecule has 23 heavy (non-hydrogen) atoms. The Kier molecular flexibility index (Phi) is 4.89. The molecule has 0 radical (unpaired) electrons. The van der Waals surface area contributed by atoms with Gasteiger partial charge < -0.3 is 5.11 Å². The molecule has 128 valence electrons. The molecule has 3 nitrogen and oxygen atoms in total. The lowest BCUT2D eigenvalue weighted by atomic mass is 9.52. The number of carboxylic acids is 1. The highest BCUT2D eigenvalue weighted by Gasteiger charge is 2.49. The van der Waals surface area contributed by atoms with E-state index in [0.29, 0.717) is 18.3 Å². The van der Waals surface area contributed by atoms with Gasteiger partial charge in [-0.15, -0.1) is 0 Å². The van der Waals surface area contributed by atoms with Crippen LogP contribution in [0.3, 0.4) is 0 Å². The van der Waals surface area contributed by atoms with Gasteiger partial charge in [-0.2, -0.15) is 0 Å². The molecule has 1 N–H and O–H groups in total. The van der Waals surface area contributed by atoms with Crippen molar-refractivity contribution in [2.75, 3.05) is 0 Å². The van der Waals surface area contributed by atoms with E-state index in [4.69, 9.17) is 5.11 Å². The third-order valence-corrected chi connectivity index (χ3v) is 6.31. The average molecular weight is 318 g/mol. The van der Waals surface area contributed by atoms with E-state index in [-0.39, 0.29) is 16.6 Å². The summed E-state index contributed by atoms with van der Waals surface area (Å²) in [7, 11) is 0. The average Bonchev–Trinajstić information content (AvgIpc) is 2.39. The van der Waals surface area contributed by atoms with Gasteiger partial charge in [0.1, 0.15) is 0 Å². The van der Waals surface area contributed by atoms with Crippen molar-refractivity contribution in [1.29, 1.82) is 0 Å². The minimum absolute atomic E-state index is 0.0100. The third-order valence-electron chi connectivity index (χ3n) is 6.31. The first-order chi connectivity index (χ1) is 10.6. The molecule has 0 spiro atoms. The van der Waals surface area contributed by atoms with Gasteiger partial charge in [0.15, 0.2) is 5.78 Å². The highest BCUT2D eigenvalue weighted by Crippen LogP contribution is 2.57. The largest absolute Gasteiger partial charge is 0.478 e. The number of hydrogen-bond donors (Lipinski definition) is 1. The lowest BCUT2D eigenvalue weighted by Crippen LogP contribution is -2.44. The number of carbonyl (C=O) groups excluding carboxylic acids is 1. The van der Waals surface area contributed by atoms with Gasteiger partial charge in [-0.3, -0.25) is 4.79 Å². The van der Waals surface area contributed by atoms with Crippen LogP contribution in [0.2, 0.25) is 0 Å². The van der Waals surface area contributed by atoms with Crippen molar-refractivity contribution >= 4 is 11.8 Å². The van der Waals surface area contributed by atoms with Gasteiger partial charge in [0.25, 0.3) is 0 Å². The Bertz CT molecular complexity index is 567. The predicted octanol–water partition coefficient (Wildman–Crippen LogP) is 4.78. The number of carboxylic acid groups (broad SMARTS) is 1. The van der Waals surface area contributed by atoms with Crippen molar-refractivity contribution in [1.82, 2.24) is 0 Å². The Balaban J connectivity index is 2.30. The molecule has 0 aromatic heterocycles. The summed E-state index contributed by atoms with van der Waals surface area (Å²) < 4.78 is 0. The van der Waals surface area contributed by atoms with E-state index in [1.807, 2.05) is 13.0 Å². The normalized spacial score (nSPS) is 33.9. The fraction of sp³-hybridized carbons (Fsp3) is 0.700. The standard InChI is InChI=1S/C20H30O3/c1-13(10-18(22)23)8-9-20(5)14(2)6-7-16-17(20)11-15(21)12-19(16,3)4/h10-11,14,16H,6-9,12H2,1-5H3,(H,22,23)/b13-10-/t14-,16-,20+/m1/s1. The molecule has 0 saturated heterocycles. The lowest BCUT2D eigenvalue weighted by molar-refractivity contribution is -0.131. The van der Waals surface area contributed by atoms with Crippen LogP contribution in [0.5, 0.6) is 0 Å². The van der Waals surface area contributed by atoms with Gasteiger partial charge in [-0.25, -0.2) is 4.79 Å². The number of carbonyl (C=O) groups is 2. The van der Waals surface area contributed by atoms with Crippen LogP contribution < -0.4 is 0 Å². The van der Waals surface area contributed by atoms with Crippen LogP contribution in [0.15, 0.2) is 23.3 Å². The van der Waals surface area contributed by atoms with Crippen LogP contribution in [0.4, 0.5) is 0 Å². The summed E-state index contributed by atoms with van der Waals surface area (Å²) in [6, 6.07) is 0. The van der Waals surface area contributed by atoms with Gasteiger partial charge in [0.05, 0.1) is 0 Å². The minimum Gasteiger partial charge on any atom is -0.478 e. The molecule has 2 aliphatic rings. The first-order valence-corrected chi connectivity index (χ1v) is 8.71. The van der Waals surface area contributed by atoms with E-state index in [1.54, 1.807) is 0 Å². The monoisotopic (exact) mass is 318 g/mol. The van der Waals surface area contributed by atoms with Gasteiger partial charge in [-0.05, 0) is 61.3 Å². The number of ketones is 1. The first kappa shape index (κ1) is 18.0. The maximum Gasteiger partial charge on any atom is 0.328 e. The van der Waals surface area contributed by atoms with Crippen LogP contribution in [-0.4, -0.2) is 16.9 Å². The zero-order valence-corrected chi connectivity index (χ0v) is 15.1. The summed E-state index contributed by atoms with van der Waals surface area (Å²) in [5.74, 6) is 0.365. The number of allylic oxidation sites excluding steroid dienone is 3. The van der Waals surface area contributed by atoms with E-state index in [1.165, 1.54) is 18.1 Å². The molecule has 0 bridgehead atoms. The number of fused-ring (bicyclic) bond motifs is 1. The maximum atomic E-state index is 12.2. The van der Waals surface area contributed by atoms with Crippen LogP contribution in [0, 0.1) is 22.7 Å². The molecule has 1 fully saturated rings. The molecule has 0 heterocycles. The zero-order chi connectivity index (χ0) is 17.4. The van der Waals surface area contributed by atoms with E-state index >= 15 is 0 Å². The molecule has 1 saturated carbocycles. The molecule has 0 amide bonds. The first-order valence-electron chi connectivity index (χ1n) is 8.71. The van der Waals surface area contributed by atoms with E-state index in [2.05, 4.69) is 27.7 Å². The van der Waals surface area contributed by atoms with Crippen molar-refractivity contribution in [3.8, 4) is 0 Å². The van der Waals surface area contributed by atoms with Crippen molar-refractivity contribution < 1.29 is 14.7 Å². The number of hydrogen-bond acceptors (Lipinski definition) is 2. The van der Waals surface area contributed by atoms with Gasteiger partial charge >= 0.3 is 5.97 Å². The van der Waals surface area contributed by atoms with Crippen LogP contribution in [0.1, 0.15) is 66.7 Å². The molecule has 0 unspecified atom stereocenters. The molecule has 2 aliphatic carbocycles. The molecule has 0 aromatic carbocycles. The van der Waals surface area contributed by atoms with Crippen molar-refractivity contribution in [2.45, 2.75) is 66.7 Å². The molecule has 2 rings (SSSR count). The Morgan fingerprint density at radius 1 is 1.35 bits per heavy atom. The molecule has 0 aliphatic heterocycles. The number of rotatable bonds is 4. The van der Waals surface area contributed by atoms with Gasteiger partial charge in [-0.1, -0.05) is 38.8 Å². The Morgan fingerprint density at radius 2 is 2.00 bits per heavy atom. The predicted molar refractivity (Wildman–Crippen MR) is 92.1 cm³/mol. The third kappa shape index (κ3) is 3.59. The quantitative estimate of drug-likeness (QED) is 0.759. The fourth-order valence-corrected chi connectivity index (χ4v) is 4.58. The second kappa shape index (κ2) is 6.26. The van der Waals surface area contributed by atoms with Crippen LogP contribution >= 0.6 is 0 Å². The van der Waals surface area contributed by atoms with Crippen molar-refractivity contribution in [3.63, 3.8) is 0 Å².